The molecule has 0 N–H and O–H groups in total. The molecule has 0 aliphatic carbocycles. The minimum absolute atomic E-state index is 0.282. The van der Waals surface area contributed by atoms with E-state index in [2.05, 4.69) is 0 Å². The summed E-state index contributed by atoms with van der Waals surface area (Å²) >= 11 is 0. The summed E-state index contributed by atoms with van der Waals surface area (Å²) in [5.41, 5.74) is -12.2. The second kappa shape index (κ2) is 12.6. The summed E-state index contributed by atoms with van der Waals surface area (Å²) in [6.45, 7) is 0. The van der Waals surface area contributed by atoms with Crippen molar-refractivity contribution in [2.75, 3.05) is 4.90 Å². The first kappa shape index (κ1) is 12.6. The largest absolute Gasteiger partial charge is 0.456 e. The van der Waals surface area contributed by atoms with Crippen molar-refractivity contribution in [2.24, 2.45) is 0 Å². The number of rotatable bonds is 6. The molecule has 0 radical (unpaired) electrons. The SMILES string of the molecule is [2H]c1c([2H])c([2H])c(-c2c([2H])c([2H])c(N(c3c([2H])c([2H])c(-c4c([2H])c([2H])c5c(oc6c([2H])c([2H])c([2H])c([2H])c65)c4[2H])c([2H])c3[2H])c3c([2H])c([2H])c([2H])c([2H])c3-c3c([2H])c([2H])c([2H])c4c3oc3c5c([2H])c([2H])c([2H])c([2H])c5c([2H])c([2H])c34)c([2H])c2[2H])c([2H])c1[2H]. The smallest absolute Gasteiger partial charge is 0.143 e. The maximum absolute atomic E-state index is 9.80. The zero-order valence-electron chi connectivity index (χ0n) is 60.3. The predicted octanol–water partition coefficient (Wildman–Crippen LogP) is 15.1. The molecule has 0 saturated heterocycles. The van der Waals surface area contributed by atoms with Gasteiger partial charge in [-0.05, 0) is 82.0 Å². The molecule has 0 spiro atoms. The summed E-state index contributed by atoms with van der Waals surface area (Å²) in [7, 11) is 0. The molecule has 11 rings (SSSR count). The molecule has 0 amide bonds. The van der Waals surface area contributed by atoms with E-state index in [9.17, 15) is 19.2 Å². The van der Waals surface area contributed by atoms with E-state index in [-0.39, 0.29) is 4.90 Å². The summed E-state index contributed by atoms with van der Waals surface area (Å²) in [5, 5.41) is -3.24. The summed E-state index contributed by atoms with van der Waals surface area (Å²) in [5.74, 6) is 0. The van der Waals surface area contributed by atoms with Crippen molar-refractivity contribution >= 4 is 71.7 Å². The van der Waals surface area contributed by atoms with Crippen molar-refractivity contribution in [3.05, 3.63) is 199 Å². The molecule has 0 aliphatic heterocycles. The number of para-hydroxylation sites is 3. The molecule has 55 heavy (non-hydrogen) atoms. The van der Waals surface area contributed by atoms with Crippen LogP contribution >= 0.6 is 0 Å². The molecule has 3 heteroatoms. The van der Waals surface area contributed by atoms with Crippen LogP contribution in [0.2, 0.25) is 0 Å². The summed E-state index contributed by atoms with van der Waals surface area (Å²) in [4.78, 5) is 0.282. The normalized spacial score (nSPS) is 20.0. The summed E-state index contributed by atoms with van der Waals surface area (Å²) < 4.78 is 310. The van der Waals surface area contributed by atoms with Crippen LogP contribution in [0.3, 0.4) is 0 Å². The van der Waals surface area contributed by atoms with Crippen LogP contribution in [0, 0.1) is 0 Å². The highest BCUT2D eigenvalue weighted by atomic mass is 16.3. The molecule has 11 aromatic rings. The molecular weight excluding hydrogens is 671 g/mol. The third-order valence-electron chi connectivity index (χ3n) is 8.43. The molecule has 0 unspecified atom stereocenters. The van der Waals surface area contributed by atoms with Gasteiger partial charge in [0.1, 0.15) is 22.3 Å². The van der Waals surface area contributed by atoms with E-state index in [1.54, 1.807) is 0 Å². The van der Waals surface area contributed by atoms with Crippen molar-refractivity contribution in [2.45, 2.75) is 0 Å². The Labute approximate surface area is 364 Å². The fourth-order valence-electron chi connectivity index (χ4n) is 5.98. The Morgan fingerprint density at radius 1 is 0.345 bits per heavy atom. The quantitative estimate of drug-likeness (QED) is 0.170. The molecule has 9 aromatic carbocycles. The molecule has 2 aromatic heterocycles. The van der Waals surface area contributed by atoms with Gasteiger partial charge in [0.15, 0.2) is 0 Å². The van der Waals surface area contributed by atoms with Gasteiger partial charge in [-0.1, -0.05) is 145 Å². The fraction of sp³-hybridized carbons (Fsp3) is 0. The van der Waals surface area contributed by atoms with Crippen molar-refractivity contribution in [1.82, 2.24) is 0 Å². The van der Waals surface area contributed by atoms with Crippen LogP contribution in [-0.4, -0.2) is 0 Å². The van der Waals surface area contributed by atoms with E-state index in [0.717, 1.165) is 0 Å². The highest BCUT2D eigenvalue weighted by Gasteiger charge is 2.21. The second-order valence-corrected chi connectivity index (χ2v) is 11.5. The number of benzene rings is 9. The number of hydrogen-bond donors (Lipinski definition) is 0. The molecule has 0 atom stereocenters. The minimum Gasteiger partial charge on any atom is -0.456 e. The van der Waals surface area contributed by atoms with Gasteiger partial charge in [0.05, 0.1) is 50.9 Å². The number of anilines is 3. The molecule has 0 fully saturated rings. The Kier molecular flexibility index (Phi) is 2.90. The average molecular weight is 737 g/mol. The lowest BCUT2D eigenvalue weighted by atomic mass is 9.98. The highest BCUT2D eigenvalue weighted by molar-refractivity contribution is 6.17. The van der Waals surface area contributed by atoms with Gasteiger partial charge >= 0.3 is 0 Å². The van der Waals surface area contributed by atoms with Crippen molar-refractivity contribution in [3.8, 4) is 33.4 Å². The summed E-state index contributed by atoms with van der Waals surface area (Å²) in [6, 6.07) is -34.5. The lowest BCUT2D eigenvalue weighted by Crippen LogP contribution is -2.11. The Balaban J connectivity index is 1.34. The molecule has 0 aliphatic rings. The maximum atomic E-state index is 9.80. The molecule has 0 bridgehead atoms. The van der Waals surface area contributed by atoms with E-state index >= 15 is 0 Å². The molecule has 0 saturated carbocycles. The van der Waals surface area contributed by atoms with Crippen LogP contribution in [0.1, 0.15) is 45.2 Å². The molecule has 3 nitrogen and oxygen atoms in total. The van der Waals surface area contributed by atoms with Crippen LogP contribution in [-0.2, 0) is 0 Å². The first-order valence-electron chi connectivity index (χ1n) is 32.5. The van der Waals surface area contributed by atoms with Crippen molar-refractivity contribution < 1.29 is 54.1 Å². The fourth-order valence-corrected chi connectivity index (χ4v) is 5.98. The van der Waals surface area contributed by atoms with Gasteiger partial charge in [-0.3, -0.25) is 0 Å². The van der Waals surface area contributed by atoms with E-state index in [1.165, 1.54) is 0 Å². The van der Waals surface area contributed by atoms with Gasteiger partial charge in [-0.25, -0.2) is 0 Å². The molecule has 258 valence electrons. The van der Waals surface area contributed by atoms with Gasteiger partial charge in [0.2, 0.25) is 0 Å². The van der Waals surface area contributed by atoms with Crippen LogP contribution in [0.4, 0.5) is 17.1 Å². The highest BCUT2D eigenvalue weighted by Crippen LogP contribution is 2.45. The first-order valence-corrected chi connectivity index (χ1v) is 16.0. The Morgan fingerprint density at radius 3 is 1.73 bits per heavy atom. The number of furan rings is 2. The van der Waals surface area contributed by atoms with E-state index < -0.39 is 304 Å². The monoisotopic (exact) mass is 736 g/mol. The Bertz CT molecular complexity index is 5060. The zero-order valence-corrected chi connectivity index (χ0v) is 27.3. The van der Waals surface area contributed by atoms with Gasteiger partial charge < -0.3 is 13.7 Å². The van der Waals surface area contributed by atoms with Crippen LogP contribution in [0.15, 0.2) is 208 Å². The Hall–Kier alpha value is -7.36. The first-order chi connectivity index (χ1) is 41.0. The number of hydrogen-bond acceptors (Lipinski definition) is 3. The number of nitrogens with zero attached hydrogens (tertiary/aromatic N) is 1. The standard InChI is InChI=1S/C52H33NO2/c1-2-11-34(12-3-1)35-21-27-39(28-22-35)53(40-29-23-36(24-30-40)38-26-31-44-43-16-7-9-20-49(43)54-50(44)33-38)48-19-8-6-15-42(48)45-17-10-18-46-47-32-25-37-13-4-5-14-41(37)51(47)55-52(45)46/h1-33H/i1D,2D,3D,4D,5D,6D,7D,8D,9D,10D,11D,12D,13D,14D,15D,16D,17D,18D,19D,20D,21D,22D,23D,24D,25D,26D,27D,28D,29D,30D,31D,32D,33D. The van der Waals surface area contributed by atoms with Crippen LogP contribution in [0.25, 0.3) is 88.0 Å². The third-order valence-corrected chi connectivity index (χ3v) is 8.43. The third kappa shape index (κ3) is 5.20. The lowest BCUT2D eigenvalue weighted by Gasteiger charge is -2.28. The van der Waals surface area contributed by atoms with E-state index in [1.807, 2.05) is 0 Å². The topological polar surface area (TPSA) is 29.5 Å². The van der Waals surface area contributed by atoms with Gasteiger partial charge in [0.25, 0.3) is 0 Å². The lowest BCUT2D eigenvalue weighted by molar-refractivity contribution is 0.669. The zero-order chi connectivity index (χ0) is 65.0. The van der Waals surface area contributed by atoms with Crippen molar-refractivity contribution in [1.29, 1.82) is 0 Å². The maximum Gasteiger partial charge on any atom is 0.143 e. The van der Waals surface area contributed by atoms with Gasteiger partial charge in [0, 0.05) is 49.4 Å². The van der Waals surface area contributed by atoms with Gasteiger partial charge in [-0.2, -0.15) is 0 Å². The van der Waals surface area contributed by atoms with E-state index in [4.69, 9.17) is 34.9 Å². The van der Waals surface area contributed by atoms with E-state index in [0.29, 0.717) is 0 Å². The molecular formula is C52H33NO2. The predicted molar refractivity (Wildman–Crippen MR) is 229 cm³/mol. The van der Waals surface area contributed by atoms with Crippen LogP contribution < -0.4 is 4.90 Å². The van der Waals surface area contributed by atoms with Gasteiger partial charge in [-0.15, -0.1) is 0 Å². The molecule has 2 heterocycles. The van der Waals surface area contributed by atoms with Crippen molar-refractivity contribution in [3.63, 3.8) is 0 Å². The average Bonchev–Trinajstić information content (AvgIpc) is 1.36. The second-order valence-electron chi connectivity index (χ2n) is 11.5. The summed E-state index contributed by atoms with van der Waals surface area (Å²) in [6.07, 6.45) is 0. The number of fused-ring (bicyclic) bond motifs is 8. The minimum atomic E-state index is -1.36. The Morgan fingerprint density at radius 2 is 0.909 bits per heavy atom. The van der Waals surface area contributed by atoms with Crippen LogP contribution in [0.5, 0.6) is 0 Å².